The van der Waals surface area contributed by atoms with Gasteiger partial charge < -0.3 is 10.5 Å². The van der Waals surface area contributed by atoms with Gasteiger partial charge in [0.15, 0.2) is 5.78 Å². The predicted octanol–water partition coefficient (Wildman–Crippen LogP) is 4.45. The molecule has 0 saturated heterocycles. The number of pyridine rings is 1. The summed E-state index contributed by atoms with van der Waals surface area (Å²) in [6.07, 6.45) is 0. The van der Waals surface area contributed by atoms with Crippen molar-refractivity contribution in [3.05, 3.63) is 71.3 Å². The average molecular weight is 414 g/mol. The molecule has 2 N–H and O–H groups in total. The van der Waals surface area contributed by atoms with Crippen molar-refractivity contribution in [2.24, 2.45) is 0 Å². The molecule has 1 aromatic heterocycles. The maximum Gasteiger partial charge on any atom is 0.173 e. The number of carbonyl (C=O) groups excluding carboxylic acids is 1. The Bertz CT molecular complexity index is 1150. The molecule has 3 aromatic rings. The molecular formula is C23H18N4O2S. The summed E-state index contributed by atoms with van der Waals surface area (Å²) >= 11 is 1.13. The van der Waals surface area contributed by atoms with Crippen molar-refractivity contribution in [1.82, 2.24) is 4.98 Å². The zero-order valence-electron chi connectivity index (χ0n) is 16.3. The van der Waals surface area contributed by atoms with Gasteiger partial charge in [-0.1, -0.05) is 54.2 Å². The fourth-order valence-electron chi connectivity index (χ4n) is 2.92. The third kappa shape index (κ3) is 4.43. The molecule has 0 aliphatic heterocycles. The van der Waals surface area contributed by atoms with Gasteiger partial charge in [-0.2, -0.15) is 10.5 Å². The van der Waals surface area contributed by atoms with Gasteiger partial charge in [0.25, 0.3) is 0 Å². The fourth-order valence-corrected chi connectivity index (χ4v) is 3.81. The molecular weight excluding hydrogens is 396 g/mol. The minimum absolute atomic E-state index is 0.0232. The van der Waals surface area contributed by atoms with E-state index in [1.165, 1.54) is 0 Å². The molecule has 2 aromatic carbocycles. The molecule has 0 amide bonds. The van der Waals surface area contributed by atoms with Crippen LogP contribution in [0.15, 0.2) is 59.6 Å². The van der Waals surface area contributed by atoms with Gasteiger partial charge >= 0.3 is 0 Å². The van der Waals surface area contributed by atoms with Crippen LogP contribution >= 0.6 is 11.8 Å². The number of ether oxygens (including phenoxy) is 1. The topological polar surface area (TPSA) is 113 Å². The van der Waals surface area contributed by atoms with Crippen molar-refractivity contribution in [1.29, 1.82) is 10.5 Å². The summed E-state index contributed by atoms with van der Waals surface area (Å²) in [6, 6.07) is 20.2. The number of nitrogens with two attached hydrogens (primary N) is 1. The number of hydrogen-bond donors (Lipinski definition) is 1. The number of Topliss-reactive ketones (excluding diaryl/α,β-unsaturated/α-hetero) is 1. The first-order chi connectivity index (χ1) is 14.6. The summed E-state index contributed by atoms with van der Waals surface area (Å²) in [4.78, 5) is 16.7. The van der Waals surface area contributed by atoms with Crippen molar-refractivity contribution < 1.29 is 9.53 Å². The van der Waals surface area contributed by atoms with Crippen LogP contribution in [-0.2, 0) is 0 Å². The molecule has 3 rings (SSSR count). The van der Waals surface area contributed by atoms with Gasteiger partial charge in [-0.15, -0.1) is 0 Å². The van der Waals surface area contributed by atoms with Crippen molar-refractivity contribution in [2.45, 2.75) is 11.9 Å². The maximum absolute atomic E-state index is 12.5. The summed E-state index contributed by atoms with van der Waals surface area (Å²) in [7, 11) is 0. The van der Waals surface area contributed by atoms with Crippen molar-refractivity contribution in [3.63, 3.8) is 0 Å². The lowest BCUT2D eigenvalue weighted by Crippen LogP contribution is -2.06. The van der Waals surface area contributed by atoms with E-state index < -0.39 is 0 Å². The highest BCUT2D eigenvalue weighted by molar-refractivity contribution is 8.00. The Balaban J connectivity index is 2.00. The molecule has 0 saturated carbocycles. The average Bonchev–Trinajstić information content (AvgIpc) is 2.78. The van der Waals surface area contributed by atoms with Crippen LogP contribution in [-0.4, -0.2) is 23.1 Å². The molecule has 6 nitrogen and oxygen atoms in total. The highest BCUT2D eigenvalue weighted by Gasteiger charge is 2.21. The molecule has 0 unspecified atom stereocenters. The Morgan fingerprint density at radius 1 is 1.07 bits per heavy atom. The first-order valence-electron chi connectivity index (χ1n) is 9.17. The Hall–Kier alpha value is -3.81. The molecule has 0 aliphatic carbocycles. The van der Waals surface area contributed by atoms with Gasteiger partial charge in [0.05, 0.1) is 17.9 Å². The number of thioether (sulfide) groups is 1. The van der Waals surface area contributed by atoms with Crippen LogP contribution in [0.25, 0.3) is 11.1 Å². The fraction of sp³-hybridized carbons (Fsp3) is 0.130. The number of rotatable bonds is 7. The van der Waals surface area contributed by atoms with E-state index in [-0.39, 0.29) is 28.5 Å². The summed E-state index contributed by atoms with van der Waals surface area (Å²) in [5, 5.41) is 19.8. The summed E-state index contributed by atoms with van der Waals surface area (Å²) < 4.78 is 5.46. The SMILES string of the molecule is CCOc1ccc(-c2c(C#N)c(N)nc(SCC(=O)c3ccccc3)c2C#N)cc1. The zero-order chi connectivity index (χ0) is 21.5. The molecule has 0 aliphatic rings. The van der Waals surface area contributed by atoms with E-state index in [0.29, 0.717) is 34.1 Å². The Labute approximate surface area is 178 Å². The van der Waals surface area contributed by atoms with Crippen LogP contribution in [0.1, 0.15) is 28.4 Å². The third-order valence-corrected chi connectivity index (χ3v) is 5.28. The number of nitriles is 2. The first kappa shape index (κ1) is 20.9. The number of ketones is 1. The van der Waals surface area contributed by atoms with Gasteiger partial charge in [0.1, 0.15) is 34.3 Å². The number of hydrogen-bond acceptors (Lipinski definition) is 7. The van der Waals surface area contributed by atoms with E-state index in [1.807, 2.05) is 19.1 Å². The number of nitrogens with zero attached hydrogens (tertiary/aromatic N) is 3. The minimum Gasteiger partial charge on any atom is -0.494 e. The third-order valence-electron chi connectivity index (χ3n) is 4.31. The first-order valence-corrected chi connectivity index (χ1v) is 10.2. The van der Waals surface area contributed by atoms with Crippen molar-refractivity contribution >= 4 is 23.4 Å². The lowest BCUT2D eigenvalue weighted by Gasteiger charge is -2.13. The molecule has 0 radical (unpaired) electrons. The molecule has 0 spiro atoms. The Morgan fingerprint density at radius 2 is 1.73 bits per heavy atom. The Kier molecular flexibility index (Phi) is 6.69. The lowest BCUT2D eigenvalue weighted by molar-refractivity contribution is 0.102. The molecule has 148 valence electrons. The maximum atomic E-state index is 12.5. The van der Waals surface area contributed by atoms with Crippen LogP contribution in [0.2, 0.25) is 0 Å². The number of benzene rings is 2. The van der Waals surface area contributed by atoms with Crippen molar-refractivity contribution in [3.8, 4) is 29.0 Å². The normalized spacial score (nSPS) is 10.1. The number of aromatic nitrogens is 1. The number of nitrogen functional groups attached to an aromatic ring is 1. The van der Waals surface area contributed by atoms with E-state index in [9.17, 15) is 15.3 Å². The van der Waals surface area contributed by atoms with E-state index in [2.05, 4.69) is 11.1 Å². The van der Waals surface area contributed by atoms with Crippen LogP contribution < -0.4 is 10.5 Å². The molecule has 1 heterocycles. The second-order valence-electron chi connectivity index (χ2n) is 6.19. The van der Waals surface area contributed by atoms with E-state index in [1.54, 1.807) is 48.5 Å². The van der Waals surface area contributed by atoms with Gasteiger partial charge in [-0.25, -0.2) is 4.98 Å². The van der Waals surface area contributed by atoms with Crippen molar-refractivity contribution in [2.75, 3.05) is 18.1 Å². The molecule has 0 atom stereocenters. The highest BCUT2D eigenvalue weighted by atomic mass is 32.2. The number of anilines is 1. The van der Waals surface area contributed by atoms with E-state index in [0.717, 1.165) is 11.8 Å². The van der Waals surface area contributed by atoms with Gasteiger partial charge in [0, 0.05) is 11.1 Å². The van der Waals surface area contributed by atoms with Gasteiger partial charge in [-0.3, -0.25) is 4.79 Å². The van der Waals surface area contributed by atoms with Crippen LogP contribution in [0.5, 0.6) is 5.75 Å². The van der Waals surface area contributed by atoms with E-state index in [4.69, 9.17) is 10.5 Å². The zero-order valence-corrected chi connectivity index (χ0v) is 17.1. The second kappa shape index (κ2) is 9.60. The van der Waals surface area contributed by atoms with Crippen LogP contribution in [0.3, 0.4) is 0 Å². The minimum atomic E-state index is -0.0863. The summed E-state index contributed by atoms with van der Waals surface area (Å²) in [5.74, 6) is 0.718. The highest BCUT2D eigenvalue weighted by Crippen LogP contribution is 2.36. The molecule has 30 heavy (non-hydrogen) atoms. The molecule has 0 fully saturated rings. The predicted molar refractivity (Wildman–Crippen MR) is 116 cm³/mol. The standard InChI is InChI=1S/C23H18N4O2S/c1-2-29-17-10-8-16(9-11-17)21-18(12-24)22(26)27-23(19(21)13-25)30-14-20(28)15-6-4-3-5-7-15/h3-11H,2,14H2,1H3,(H2,26,27). The lowest BCUT2D eigenvalue weighted by atomic mass is 9.97. The Morgan fingerprint density at radius 3 is 2.33 bits per heavy atom. The van der Waals surface area contributed by atoms with Gasteiger partial charge in [0.2, 0.25) is 0 Å². The second-order valence-corrected chi connectivity index (χ2v) is 7.15. The summed E-state index contributed by atoms with van der Waals surface area (Å²) in [6.45, 7) is 2.42. The quantitative estimate of drug-likeness (QED) is 0.449. The number of carbonyl (C=O) groups is 1. The smallest absolute Gasteiger partial charge is 0.173 e. The molecule has 7 heteroatoms. The van der Waals surface area contributed by atoms with Crippen LogP contribution in [0.4, 0.5) is 5.82 Å². The molecule has 0 bridgehead atoms. The van der Waals surface area contributed by atoms with Crippen LogP contribution in [0, 0.1) is 22.7 Å². The largest absolute Gasteiger partial charge is 0.494 e. The summed E-state index contributed by atoms with van der Waals surface area (Å²) in [5.41, 5.74) is 8.01. The van der Waals surface area contributed by atoms with Gasteiger partial charge in [-0.05, 0) is 24.6 Å². The van der Waals surface area contributed by atoms with E-state index >= 15 is 0 Å². The monoisotopic (exact) mass is 414 g/mol.